The summed E-state index contributed by atoms with van der Waals surface area (Å²) in [7, 11) is -2.50. The van der Waals surface area contributed by atoms with Crippen molar-refractivity contribution in [3.8, 4) is 0 Å². The molecule has 0 fully saturated rings. The molecule has 134 valence electrons. The topological polar surface area (TPSA) is 119 Å². The number of carbonyl (C=O) groups excluding carboxylic acids is 2. The zero-order valence-electron chi connectivity index (χ0n) is 13.5. The maximum absolute atomic E-state index is 12.4. The molecule has 0 saturated heterocycles. The number of hydrogen-bond donors (Lipinski definition) is 1. The van der Waals surface area contributed by atoms with Crippen LogP contribution >= 0.6 is 11.5 Å². The van der Waals surface area contributed by atoms with Gasteiger partial charge in [0, 0.05) is 18.6 Å². The van der Waals surface area contributed by atoms with E-state index in [0.29, 0.717) is 0 Å². The molecule has 0 unspecified atom stereocenters. The molecule has 0 aliphatic heterocycles. The summed E-state index contributed by atoms with van der Waals surface area (Å²) in [5.74, 6) is -1.34. The van der Waals surface area contributed by atoms with Crippen LogP contribution in [0.3, 0.4) is 0 Å². The van der Waals surface area contributed by atoms with Crippen LogP contribution in [0, 0.1) is 0 Å². The summed E-state index contributed by atoms with van der Waals surface area (Å²) in [5, 5.41) is 6.15. The van der Waals surface area contributed by atoms with Crippen LogP contribution in [0.5, 0.6) is 0 Å². The van der Waals surface area contributed by atoms with Gasteiger partial charge in [0.15, 0.2) is 5.00 Å². The van der Waals surface area contributed by atoms with E-state index in [9.17, 15) is 18.0 Å². The quantitative estimate of drug-likeness (QED) is 0.707. The summed E-state index contributed by atoms with van der Waals surface area (Å²) in [6.45, 7) is 1.36. The van der Waals surface area contributed by atoms with Crippen molar-refractivity contribution in [2.45, 2.75) is 11.8 Å². The number of nitrogens with zero attached hydrogens (tertiary/aromatic N) is 3. The van der Waals surface area contributed by atoms with Crippen LogP contribution in [0.25, 0.3) is 0 Å². The molecule has 0 radical (unpaired) electrons. The predicted molar refractivity (Wildman–Crippen MR) is 90.8 cm³/mol. The molecule has 9 nitrogen and oxygen atoms in total. The Morgan fingerprint density at radius 1 is 1.28 bits per heavy atom. The number of anilines is 1. The summed E-state index contributed by atoms with van der Waals surface area (Å²) in [6, 6.07) is 7.76. The first-order valence-corrected chi connectivity index (χ1v) is 9.38. The van der Waals surface area contributed by atoms with Gasteiger partial charge in [0.25, 0.3) is 0 Å². The fourth-order valence-corrected chi connectivity index (χ4v) is 3.55. The van der Waals surface area contributed by atoms with Crippen molar-refractivity contribution < 1.29 is 22.7 Å². The van der Waals surface area contributed by atoms with Gasteiger partial charge in [-0.15, -0.1) is 5.10 Å². The van der Waals surface area contributed by atoms with E-state index < -0.39 is 28.4 Å². The van der Waals surface area contributed by atoms with Gasteiger partial charge in [0.05, 0.1) is 18.0 Å². The van der Waals surface area contributed by atoms with Gasteiger partial charge in [-0.1, -0.05) is 22.7 Å². The first kappa shape index (κ1) is 19.0. The van der Waals surface area contributed by atoms with Gasteiger partial charge in [-0.3, -0.25) is 4.79 Å². The molecule has 0 bridgehead atoms. The van der Waals surface area contributed by atoms with Crippen LogP contribution in [-0.4, -0.2) is 54.4 Å². The van der Waals surface area contributed by atoms with E-state index in [1.807, 2.05) is 0 Å². The van der Waals surface area contributed by atoms with Crippen molar-refractivity contribution in [2.75, 3.05) is 25.5 Å². The lowest BCUT2D eigenvalue weighted by Gasteiger charge is -2.16. The molecular weight excluding hydrogens is 368 g/mol. The zero-order valence-corrected chi connectivity index (χ0v) is 15.1. The minimum absolute atomic E-state index is 0.0805. The van der Waals surface area contributed by atoms with E-state index in [0.717, 1.165) is 15.8 Å². The first-order valence-electron chi connectivity index (χ1n) is 7.17. The maximum atomic E-state index is 12.4. The third-order valence-electron chi connectivity index (χ3n) is 3.03. The third kappa shape index (κ3) is 4.59. The molecule has 1 heterocycles. The molecule has 1 amide bonds. The second kappa shape index (κ2) is 8.14. The summed E-state index contributed by atoms with van der Waals surface area (Å²) in [5.41, 5.74) is -0.117. The second-order valence-corrected chi connectivity index (χ2v) is 7.59. The van der Waals surface area contributed by atoms with E-state index in [-0.39, 0.29) is 22.2 Å². The van der Waals surface area contributed by atoms with E-state index in [1.54, 1.807) is 25.1 Å². The van der Waals surface area contributed by atoms with Crippen LogP contribution in [0.4, 0.5) is 5.00 Å². The van der Waals surface area contributed by atoms with E-state index in [2.05, 4.69) is 14.9 Å². The molecular formula is C14H16N4O5S2. The molecule has 25 heavy (non-hydrogen) atoms. The minimum atomic E-state index is -3.80. The van der Waals surface area contributed by atoms with Gasteiger partial charge >= 0.3 is 5.97 Å². The Balaban J connectivity index is 2.06. The molecule has 0 aliphatic rings. The normalized spacial score (nSPS) is 11.3. The van der Waals surface area contributed by atoms with Crippen molar-refractivity contribution in [2.24, 2.45) is 0 Å². The molecule has 0 atom stereocenters. The van der Waals surface area contributed by atoms with Crippen LogP contribution in [-0.2, 0) is 19.6 Å². The maximum Gasteiger partial charge on any atom is 0.362 e. The van der Waals surface area contributed by atoms with Gasteiger partial charge in [-0.25, -0.2) is 13.2 Å². The fraction of sp³-hybridized carbons (Fsp3) is 0.286. The van der Waals surface area contributed by atoms with Crippen molar-refractivity contribution in [1.29, 1.82) is 0 Å². The number of nitrogens with one attached hydrogen (secondary N) is 1. The summed E-state index contributed by atoms with van der Waals surface area (Å²) >= 11 is 0.801. The standard InChI is InChI=1S/C14H16N4O5S2/c1-3-23-14(20)12-13(24-17-16-12)15-11(19)9-18(2)25(21,22)10-7-5-4-6-8-10/h4-8H,3,9H2,1-2H3,(H,15,19). The monoisotopic (exact) mass is 384 g/mol. The number of ether oxygens (including phenoxy) is 1. The highest BCUT2D eigenvalue weighted by atomic mass is 32.2. The van der Waals surface area contributed by atoms with E-state index in [1.165, 1.54) is 19.2 Å². The minimum Gasteiger partial charge on any atom is -0.461 e. The van der Waals surface area contributed by atoms with Crippen molar-refractivity contribution in [3.63, 3.8) is 0 Å². The molecule has 2 rings (SSSR count). The molecule has 0 spiro atoms. The number of hydrogen-bond acceptors (Lipinski definition) is 8. The lowest BCUT2D eigenvalue weighted by molar-refractivity contribution is -0.116. The van der Waals surface area contributed by atoms with Gasteiger partial charge in [-0.05, 0) is 19.1 Å². The Morgan fingerprint density at radius 2 is 1.96 bits per heavy atom. The number of amides is 1. The van der Waals surface area contributed by atoms with Crippen LogP contribution in [0.15, 0.2) is 35.2 Å². The van der Waals surface area contributed by atoms with Gasteiger partial charge in [0.2, 0.25) is 21.6 Å². The molecule has 1 aromatic carbocycles. The van der Waals surface area contributed by atoms with Crippen LogP contribution < -0.4 is 5.32 Å². The molecule has 11 heteroatoms. The first-order chi connectivity index (χ1) is 11.9. The Bertz CT molecular complexity index is 851. The lowest BCUT2D eigenvalue weighted by atomic mass is 10.4. The zero-order chi connectivity index (χ0) is 18.4. The molecule has 1 N–H and O–H groups in total. The molecule has 1 aromatic heterocycles. The van der Waals surface area contributed by atoms with Crippen molar-refractivity contribution in [1.82, 2.24) is 13.9 Å². The van der Waals surface area contributed by atoms with Gasteiger partial charge in [-0.2, -0.15) is 4.31 Å². The Kier molecular flexibility index (Phi) is 6.17. The smallest absolute Gasteiger partial charge is 0.362 e. The molecule has 0 saturated carbocycles. The fourth-order valence-electron chi connectivity index (χ4n) is 1.83. The molecule has 2 aromatic rings. The predicted octanol–water partition coefficient (Wildman–Crippen LogP) is 0.974. The average Bonchev–Trinajstić information content (AvgIpc) is 3.03. The summed E-state index contributed by atoms with van der Waals surface area (Å²) in [4.78, 5) is 23.9. The highest BCUT2D eigenvalue weighted by Gasteiger charge is 2.24. The highest BCUT2D eigenvalue weighted by Crippen LogP contribution is 2.19. The van der Waals surface area contributed by atoms with E-state index in [4.69, 9.17) is 4.74 Å². The highest BCUT2D eigenvalue weighted by molar-refractivity contribution is 7.89. The Morgan fingerprint density at radius 3 is 2.60 bits per heavy atom. The number of benzene rings is 1. The lowest BCUT2D eigenvalue weighted by Crippen LogP contribution is -2.35. The van der Waals surface area contributed by atoms with Crippen molar-refractivity contribution in [3.05, 3.63) is 36.0 Å². The van der Waals surface area contributed by atoms with Crippen LogP contribution in [0.1, 0.15) is 17.4 Å². The average molecular weight is 384 g/mol. The SMILES string of the molecule is CCOC(=O)c1nnsc1NC(=O)CN(C)S(=O)(=O)c1ccccc1. The summed E-state index contributed by atoms with van der Waals surface area (Å²) in [6.07, 6.45) is 0. The number of aromatic nitrogens is 2. The number of esters is 1. The number of sulfonamides is 1. The van der Waals surface area contributed by atoms with Gasteiger partial charge in [0.1, 0.15) is 0 Å². The Hall–Kier alpha value is -2.37. The second-order valence-electron chi connectivity index (χ2n) is 4.79. The molecule has 0 aliphatic carbocycles. The Labute approximate surface area is 148 Å². The van der Waals surface area contributed by atoms with E-state index >= 15 is 0 Å². The number of carbonyl (C=O) groups is 2. The third-order valence-corrected chi connectivity index (χ3v) is 5.49. The summed E-state index contributed by atoms with van der Waals surface area (Å²) < 4.78 is 34.1. The number of likely N-dealkylation sites (N-methyl/N-ethyl adjacent to an activating group) is 1. The van der Waals surface area contributed by atoms with Crippen LogP contribution in [0.2, 0.25) is 0 Å². The van der Waals surface area contributed by atoms with Gasteiger partial charge < -0.3 is 10.1 Å². The number of rotatable bonds is 7. The largest absolute Gasteiger partial charge is 0.461 e. The van der Waals surface area contributed by atoms with Crippen molar-refractivity contribution >= 4 is 38.4 Å².